The Balaban J connectivity index is 2.21. The Morgan fingerprint density at radius 3 is 2.61 bits per heavy atom. The summed E-state index contributed by atoms with van der Waals surface area (Å²) in [6.07, 6.45) is -2.45. The third kappa shape index (κ3) is 4.78. The first kappa shape index (κ1) is 22.9. The third-order valence-electron chi connectivity index (χ3n) is 4.33. The van der Waals surface area contributed by atoms with Crippen LogP contribution in [0.1, 0.15) is 22.8 Å². The third-order valence-corrected chi connectivity index (χ3v) is 5.68. The van der Waals surface area contributed by atoms with Crippen molar-refractivity contribution in [2.45, 2.75) is 24.7 Å². The molecule has 0 saturated heterocycles. The zero-order valence-corrected chi connectivity index (χ0v) is 17.4. The second-order valence-electron chi connectivity index (χ2n) is 6.32. The highest BCUT2D eigenvalue weighted by molar-refractivity contribution is 7.85. The van der Waals surface area contributed by atoms with Crippen LogP contribution in [-0.4, -0.2) is 60.7 Å². The van der Waals surface area contributed by atoms with Crippen LogP contribution in [0.5, 0.6) is 0 Å². The van der Waals surface area contributed by atoms with Gasteiger partial charge < -0.3 is 14.6 Å². The first-order chi connectivity index (χ1) is 14.7. The van der Waals surface area contributed by atoms with Gasteiger partial charge >= 0.3 is 12.1 Å². The molecule has 2 heterocycles. The van der Waals surface area contributed by atoms with Crippen LogP contribution < -0.4 is 0 Å². The quantitative estimate of drug-likeness (QED) is 0.489. The van der Waals surface area contributed by atoms with E-state index in [-0.39, 0.29) is 53.1 Å². The Morgan fingerprint density at radius 2 is 2.03 bits per heavy atom. The second kappa shape index (κ2) is 9.16. The molecule has 31 heavy (non-hydrogen) atoms. The number of rotatable bonds is 9. The molecule has 3 rings (SSSR count). The van der Waals surface area contributed by atoms with Crippen molar-refractivity contribution in [2.24, 2.45) is 0 Å². The number of carbonyl (C=O) groups is 1. The van der Waals surface area contributed by atoms with Crippen LogP contribution >= 0.6 is 0 Å². The average Bonchev–Trinajstić information content (AvgIpc) is 3.34. The summed E-state index contributed by atoms with van der Waals surface area (Å²) in [5.74, 6) is -1.17. The lowest BCUT2D eigenvalue weighted by atomic mass is 10.2. The number of methoxy groups -OCH3 is 1. The summed E-state index contributed by atoms with van der Waals surface area (Å²) in [6.45, 7) is 1.88. The van der Waals surface area contributed by atoms with E-state index in [1.165, 1.54) is 30.9 Å². The van der Waals surface area contributed by atoms with Gasteiger partial charge in [0.05, 0.1) is 57.3 Å². The first-order valence-corrected chi connectivity index (χ1v) is 10.3. The van der Waals surface area contributed by atoms with E-state index in [4.69, 9.17) is 14.6 Å². The molecule has 3 aromatic rings. The van der Waals surface area contributed by atoms with Crippen LogP contribution in [0.15, 0.2) is 29.4 Å². The zero-order chi connectivity index (χ0) is 22.8. The number of fused-ring (bicyclic) bond motifs is 1. The molecule has 0 aliphatic rings. The summed E-state index contributed by atoms with van der Waals surface area (Å²) in [5, 5.41) is 13.1. The molecule has 0 fully saturated rings. The van der Waals surface area contributed by atoms with Crippen molar-refractivity contribution in [3.05, 3.63) is 35.7 Å². The molecule has 0 aliphatic heterocycles. The van der Waals surface area contributed by atoms with Crippen molar-refractivity contribution in [3.8, 4) is 5.95 Å². The van der Waals surface area contributed by atoms with Crippen LogP contribution in [0.2, 0.25) is 0 Å². The van der Waals surface area contributed by atoms with Gasteiger partial charge in [-0.1, -0.05) is 6.92 Å². The standard InChI is InChI=1S/C18H19F3N4O5S/c1-3-31(28)15-7-14-13(6-12(15)18(19,20)21)23-17(24(14)10-30-5-4-29-2)25-9-11(8-22-25)16(26)27/h6-9H,3-5,10H2,1-2H3,(H,26,27). The summed E-state index contributed by atoms with van der Waals surface area (Å²) < 4.78 is 66.1. The first-order valence-electron chi connectivity index (χ1n) is 9.02. The van der Waals surface area contributed by atoms with Crippen LogP contribution in [0, 0.1) is 0 Å². The number of benzene rings is 1. The van der Waals surface area contributed by atoms with E-state index < -0.39 is 28.5 Å². The fourth-order valence-corrected chi connectivity index (χ4v) is 3.82. The number of hydrogen-bond acceptors (Lipinski definition) is 6. The highest BCUT2D eigenvalue weighted by Gasteiger charge is 2.36. The summed E-state index contributed by atoms with van der Waals surface area (Å²) >= 11 is 0. The van der Waals surface area contributed by atoms with E-state index in [0.29, 0.717) is 0 Å². The number of imidazole rings is 1. The van der Waals surface area contributed by atoms with E-state index in [2.05, 4.69) is 10.1 Å². The van der Waals surface area contributed by atoms with Gasteiger partial charge in [-0.2, -0.15) is 18.3 Å². The molecule has 2 aromatic heterocycles. The fourth-order valence-electron chi connectivity index (χ4n) is 2.85. The van der Waals surface area contributed by atoms with Crippen LogP contribution in [0.25, 0.3) is 17.0 Å². The molecule has 1 N–H and O–H groups in total. The fraction of sp³-hybridized carbons (Fsp3) is 0.389. The molecular formula is C18H19F3N4O5S. The Kier molecular flexibility index (Phi) is 6.77. The molecule has 1 atom stereocenters. The average molecular weight is 460 g/mol. The van der Waals surface area contributed by atoms with Crippen molar-refractivity contribution >= 4 is 27.8 Å². The minimum Gasteiger partial charge on any atom is -0.478 e. The van der Waals surface area contributed by atoms with Crippen molar-refractivity contribution in [1.82, 2.24) is 19.3 Å². The Labute approximate surface area is 176 Å². The van der Waals surface area contributed by atoms with Gasteiger partial charge in [-0.3, -0.25) is 8.78 Å². The maximum absolute atomic E-state index is 13.6. The van der Waals surface area contributed by atoms with Gasteiger partial charge in [-0.05, 0) is 12.1 Å². The molecule has 168 valence electrons. The molecule has 0 amide bonds. The molecule has 0 aliphatic carbocycles. The lowest BCUT2D eigenvalue weighted by molar-refractivity contribution is -0.139. The van der Waals surface area contributed by atoms with Gasteiger partial charge in [-0.25, -0.2) is 14.5 Å². The SMILES string of the molecule is CCS(=O)c1cc2c(cc1C(F)(F)F)nc(-n1cc(C(=O)O)cn1)n2COCCOC. The Hall–Kier alpha value is -2.77. The van der Waals surface area contributed by atoms with Crippen molar-refractivity contribution < 1.29 is 36.8 Å². The molecule has 1 unspecified atom stereocenters. The van der Waals surface area contributed by atoms with Gasteiger partial charge in [-0.15, -0.1) is 0 Å². The van der Waals surface area contributed by atoms with E-state index in [9.17, 15) is 22.2 Å². The van der Waals surface area contributed by atoms with E-state index >= 15 is 0 Å². The van der Waals surface area contributed by atoms with Crippen molar-refractivity contribution in [3.63, 3.8) is 0 Å². The number of aromatic carboxylic acids is 1. The molecule has 13 heteroatoms. The maximum Gasteiger partial charge on any atom is 0.417 e. The van der Waals surface area contributed by atoms with Crippen LogP contribution in [-0.2, 0) is 33.2 Å². The normalized spacial score (nSPS) is 13.1. The van der Waals surface area contributed by atoms with Gasteiger partial charge in [0, 0.05) is 19.1 Å². The molecular weight excluding hydrogens is 441 g/mol. The number of ether oxygens (including phenoxy) is 2. The molecule has 0 saturated carbocycles. The predicted octanol–water partition coefficient (Wildman–Crippen LogP) is 2.69. The van der Waals surface area contributed by atoms with Gasteiger partial charge in [0.15, 0.2) is 0 Å². The van der Waals surface area contributed by atoms with E-state index in [1.54, 1.807) is 0 Å². The molecule has 0 radical (unpaired) electrons. The highest BCUT2D eigenvalue weighted by atomic mass is 32.2. The molecule has 9 nitrogen and oxygen atoms in total. The van der Waals surface area contributed by atoms with Gasteiger partial charge in [0.2, 0.25) is 5.95 Å². The van der Waals surface area contributed by atoms with Crippen LogP contribution in [0.4, 0.5) is 13.2 Å². The number of aromatic nitrogens is 4. The number of nitrogens with zero attached hydrogens (tertiary/aromatic N) is 4. The highest BCUT2D eigenvalue weighted by Crippen LogP contribution is 2.36. The minimum atomic E-state index is -4.73. The lowest BCUT2D eigenvalue weighted by Gasteiger charge is -2.13. The number of carboxylic acid groups (broad SMARTS) is 1. The maximum atomic E-state index is 13.6. The number of carboxylic acids is 1. The Morgan fingerprint density at radius 1 is 1.29 bits per heavy atom. The lowest BCUT2D eigenvalue weighted by Crippen LogP contribution is -2.13. The van der Waals surface area contributed by atoms with Crippen molar-refractivity contribution in [1.29, 1.82) is 0 Å². The van der Waals surface area contributed by atoms with Crippen LogP contribution in [0.3, 0.4) is 0 Å². The molecule has 1 aromatic carbocycles. The van der Waals surface area contributed by atoms with Crippen molar-refractivity contribution in [2.75, 3.05) is 26.1 Å². The minimum absolute atomic E-state index is 0.00104. The summed E-state index contributed by atoms with van der Waals surface area (Å²) in [6, 6.07) is 2.00. The second-order valence-corrected chi connectivity index (χ2v) is 8.03. The van der Waals surface area contributed by atoms with E-state index in [0.717, 1.165) is 16.9 Å². The predicted molar refractivity (Wildman–Crippen MR) is 104 cm³/mol. The number of alkyl halides is 3. The topological polar surface area (TPSA) is 108 Å². The summed E-state index contributed by atoms with van der Waals surface area (Å²) in [5.41, 5.74) is -0.947. The molecule has 0 bridgehead atoms. The van der Waals surface area contributed by atoms with Gasteiger partial charge in [0.25, 0.3) is 0 Å². The largest absolute Gasteiger partial charge is 0.478 e. The zero-order valence-electron chi connectivity index (χ0n) is 16.5. The van der Waals surface area contributed by atoms with E-state index in [1.807, 2.05) is 0 Å². The smallest absolute Gasteiger partial charge is 0.417 e. The molecule has 0 spiro atoms. The monoisotopic (exact) mass is 460 g/mol. The number of halogens is 3. The summed E-state index contributed by atoms with van der Waals surface area (Å²) in [7, 11) is -0.391. The van der Waals surface area contributed by atoms with Gasteiger partial charge in [0.1, 0.15) is 6.73 Å². The summed E-state index contributed by atoms with van der Waals surface area (Å²) in [4.78, 5) is 15.0. The Bertz CT molecular complexity index is 1130. The number of hydrogen-bond donors (Lipinski definition) is 1.